The van der Waals surface area contributed by atoms with Crippen LogP contribution >= 0.6 is 0 Å². The second-order valence-corrected chi connectivity index (χ2v) is 7.93. The maximum atomic E-state index is 13.8. The summed E-state index contributed by atoms with van der Waals surface area (Å²) in [6, 6.07) is 9.72. The Balaban J connectivity index is 2.14. The predicted octanol–water partition coefficient (Wildman–Crippen LogP) is 2.72. The second kappa shape index (κ2) is 6.48. The number of fused-ring (bicyclic) bond motifs is 1. The normalized spacial score (nSPS) is 17.6. The first-order valence-electron chi connectivity index (χ1n) is 8.05. The van der Waals surface area contributed by atoms with E-state index in [1.165, 1.54) is 18.2 Å². The number of hydrogen-bond donors (Lipinski definition) is 1. The molecule has 0 unspecified atom stereocenters. The molecule has 1 N–H and O–H groups in total. The summed E-state index contributed by atoms with van der Waals surface area (Å²) in [6.45, 7) is 3.72. The summed E-state index contributed by atoms with van der Waals surface area (Å²) in [5.41, 5.74) is 1.22. The zero-order valence-electron chi connectivity index (χ0n) is 14.0. The first-order valence-corrected chi connectivity index (χ1v) is 9.49. The molecule has 0 aliphatic carbocycles. The van der Waals surface area contributed by atoms with Crippen molar-refractivity contribution in [3.05, 3.63) is 59.4 Å². The highest BCUT2D eigenvalue weighted by molar-refractivity contribution is 7.92. The molecule has 0 saturated carbocycles. The Bertz CT molecular complexity index is 910. The molecular formula is C18H19FN2O3S. The van der Waals surface area contributed by atoms with Crippen molar-refractivity contribution < 1.29 is 17.6 Å². The van der Waals surface area contributed by atoms with Crippen LogP contribution < -0.4 is 9.62 Å². The molecule has 1 heterocycles. The van der Waals surface area contributed by atoms with Crippen molar-refractivity contribution in [3.8, 4) is 0 Å². The van der Waals surface area contributed by atoms with Gasteiger partial charge in [0.05, 0.1) is 22.7 Å². The van der Waals surface area contributed by atoms with E-state index >= 15 is 0 Å². The summed E-state index contributed by atoms with van der Waals surface area (Å²) in [4.78, 5) is 12.4. The van der Waals surface area contributed by atoms with Crippen LogP contribution in [0.5, 0.6) is 0 Å². The number of carbonyl (C=O) groups is 1. The monoisotopic (exact) mass is 362 g/mol. The number of nitrogens with zero attached hydrogens (tertiary/aromatic N) is 1. The average Bonchev–Trinajstić information content (AvgIpc) is 2.71. The van der Waals surface area contributed by atoms with Gasteiger partial charge in [-0.15, -0.1) is 0 Å². The molecular weight excluding hydrogens is 343 g/mol. The minimum absolute atomic E-state index is 0.0278. The summed E-state index contributed by atoms with van der Waals surface area (Å²) >= 11 is 0. The first-order chi connectivity index (χ1) is 11.8. The Hall–Kier alpha value is -2.41. The molecule has 1 atom stereocenters. The molecule has 5 nitrogen and oxygen atoms in total. The van der Waals surface area contributed by atoms with Crippen LogP contribution in [0, 0.1) is 5.82 Å². The molecule has 0 spiro atoms. The standard InChI is InChI=1S/C18H19FN2O3S/c1-3-13-4-7-15(8-5-13)25(23,24)21-11-12(2)20-18(22)16-9-6-14(19)10-17(16)21/h4-10,12H,3,11H2,1-2H3,(H,20,22)/t12-/m1/s1. The van der Waals surface area contributed by atoms with Crippen LogP contribution in [0.15, 0.2) is 47.4 Å². The van der Waals surface area contributed by atoms with Crippen LogP contribution in [0.1, 0.15) is 29.8 Å². The molecule has 2 aromatic carbocycles. The fraction of sp³-hybridized carbons (Fsp3) is 0.278. The van der Waals surface area contributed by atoms with Gasteiger partial charge in [0.1, 0.15) is 5.82 Å². The summed E-state index contributed by atoms with van der Waals surface area (Å²) in [7, 11) is -3.92. The minimum atomic E-state index is -3.92. The smallest absolute Gasteiger partial charge is 0.264 e. The number of carbonyl (C=O) groups excluding carboxylic acids is 1. The van der Waals surface area contributed by atoms with Crippen molar-refractivity contribution in [2.45, 2.75) is 31.2 Å². The number of nitrogens with one attached hydrogen (secondary N) is 1. The lowest BCUT2D eigenvalue weighted by Crippen LogP contribution is -2.41. The summed E-state index contributed by atoms with van der Waals surface area (Å²) in [5, 5.41) is 2.72. The zero-order valence-corrected chi connectivity index (χ0v) is 14.8. The number of sulfonamides is 1. The second-order valence-electron chi connectivity index (χ2n) is 6.07. The molecule has 0 radical (unpaired) electrons. The fourth-order valence-corrected chi connectivity index (χ4v) is 4.41. The molecule has 3 rings (SSSR count). The largest absolute Gasteiger partial charge is 0.348 e. The van der Waals surface area contributed by atoms with Gasteiger partial charge < -0.3 is 5.32 Å². The Morgan fingerprint density at radius 3 is 2.52 bits per heavy atom. The van der Waals surface area contributed by atoms with E-state index in [4.69, 9.17) is 0 Å². The number of benzene rings is 2. The molecule has 0 saturated heterocycles. The van der Waals surface area contributed by atoms with E-state index in [9.17, 15) is 17.6 Å². The molecule has 1 amide bonds. The third-order valence-corrected chi connectivity index (χ3v) is 6.00. The van der Waals surface area contributed by atoms with E-state index in [1.54, 1.807) is 19.1 Å². The summed E-state index contributed by atoms with van der Waals surface area (Å²) < 4.78 is 41.1. The van der Waals surface area contributed by atoms with Gasteiger partial charge in [-0.25, -0.2) is 12.8 Å². The molecule has 1 aliphatic rings. The van der Waals surface area contributed by atoms with Crippen LogP contribution in [-0.2, 0) is 16.4 Å². The van der Waals surface area contributed by atoms with Crippen LogP contribution in [0.2, 0.25) is 0 Å². The zero-order chi connectivity index (χ0) is 18.2. The van der Waals surface area contributed by atoms with Crippen molar-refractivity contribution >= 4 is 21.6 Å². The Labute approximate surface area is 146 Å². The maximum Gasteiger partial charge on any atom is 0.264 e. The topological polar surface area (TPSA) is 66.5 Å². The lowest BCUT2D eigenvalue weighted by Gasteiger charge is -2.25. The lowest BCUT2D eigenvalue weighted by molar-refractivity contribution is 0.0945. The van der Waals surface area contributed by atoms with Gasteiger partial charge >= 0.3 is 0 Å². The van der Waals surface area contributed by atoms with Crippen LogP contribution in [-0.4, -0.2) is 26.9 Å². The van der Waals surface area contributed by atoms with Gasteiger partial charge in [0.25, 0.3) is 15.9 Å². The molecule has 0 aromatic heterocycles. The quantitative estimate of drug-likeness (QED) is 0.913. The number of amides is 1. The average molecular weight is 362 g/mol. The molecule has 132 valence electrons. The van der Waals surface area contributed by atoms with Crippen molar-refractivity contribution in [2.75, 3.05) is 10.8 Å². The van der Waals surface area contributed by atoms with E-state index in [0.29, 0.717) is 0 Å². The van der Waals surface area contributed by atoms with Gasteiger partial charge in [-0.1, -0.05) is 19.1 Å². The Morgan fingerprint density at radius 1 is 1.20 bits per heavy atom. The lowest BCUT2D eigenvalue weighted by atomic mass is 10.1. The highest BCUT2D eigenvalue weighted by Gasteiger charge is 2.33. The van der Waals surface area contributed by atoms with E-state index in [0.717, 1.165) is 28.4 Å². The minimum Gasteiger partial charge on any atom is -0.348 e. The maximum absolute atomic E-state index is 13.8. The van der Waals surface area contributed by atoms with Crippen LogP contribution in [0.3, 0.4) is 0 Å². The molecule has 7 heteroatoms. The fourth-order valence-electron chi connectivity index (χ4n) is 2.85. The number of aryl methyl sites for hydroxylation is 1. The highest BCUT2D eigenvalue weighted by atomic mass is 32.2. The third kappa shape index (κ3) is 3.24. The molecule has 2 aromatic rings. The van der Waals surface area contributed by atoms with Gasteiger partial charge in [-0.3, -0.25) is 9.10 Å². The molecule has 0 bridgehead atoms. The van der Waals surface area contributed by atoms with Crippen LogP contribution in [0.4, 0.5) is 10.1 Å². The van der Waals surface area contributed by atoms with Gasteiger partial charge in [0.2, 0.25) is 0 Å². The van der Waals surface area contributed by atoms with Crippen molar-refractivity contribution in [3.63, 3.8) is 0 Å². The number of hydrogen-bond acceptors (Lipinski definition) is 3. The predicted molar refractivity (Wildman–Crippen MR) is 93.7 cm³/mol. The van der Waals surface area contributed by atoms with E-state index in [-0.39, 0.29) is 22.7 Å². The third-order valence-electron chi connectivity index (χ3n) is 4.21. The molecule has 25 heavy (non-hydrogen) atoms. The molecule has 0 fully saturated rings. The number of halogens is 1. The highest BCUT2D eigenvalue weighted by Crippen LogP contribution is 2.30. The van der Waals surface area contributed by atoms with E-state index in [1.807, 2.05) is 6.92 Å². The Morgan fingerprint density at radius 2 is 1.88 bits per heavy atom. The molecule has 1 aliphatic heterocycles. The number of rotatable bonds is 3. The van der Waals surface area contributed by atoms with E-state index < -0.39 is 27.8 Å². The van der Waals surface area contributed by atoms with Gasteiger partial charge in [-0.05, 0) is 49.2 Å². The number of anilines is 1. The van der Waals surface area contributed by atoms with Gasteiger partial charge in [0, 0.05) is 6.04 Å². The summed E-state index contributed by atoms with van der Waals surface area (Å²) in [5.74, 6) is -1.01. The Kier molecular flexibility index (Phi) is 4.51. The van der Waals surface area contributed by atoms with Crippen LogP contribution in [0.25, 0.3) is 0 Å². The van der Waals surface area contributed by atoms with E-state index in [2.05, 4.69) is 5.32 Å². The first kappa shape index (κ1) is 17.4. The summed E-state index contributed by atoms with van der Waals surface area (Å²) in [6.07, 6.45) is 0.799. The van der Waals surface area contributed by atoms with Crippen molar-refractivity contribution in [1.29, 1.82) is 0 Å². The van der Waals surface area contributed by atoms with Gasteiger partial charge in [-0.2, -0.15) is 0 Å². The van der Waals surface area contributed by atoms with Crippen molar-refractivity contribution in [1.82, 2.24) is 5.32 Å². The van der Waals surface area contributed by atoms with Crippen molar-refractivity contribution in [2.24, 2.45) is 0 Å². The van der Waals surface area contributed by atoms with Gasteiger partial charge in [0.15, 0.2) is 0 Å². The SMILES string of the molecule is CCc1ccc(S(=O)(=O)N2C[C@@H](C)NC(=O)c3ccc(F)cc32)cc1.